The molecular weight excluding hydrogens is 206 g/mol. The Morgan fingerprint density at radius 1 is 1.25 bits per heavy atom. The molecule has 2 aromatic rings. The largest absolute Gasteiger partial charge is 0.366 e. The van der Waals surface area contributed by atoms with Gasteiger partial charge >= 0.3 is 0 Å². The van der Waals surface area contributed by atoms with Gasteiger partial charge in [-0.25, -0.2) is 0 Å². The molecule has 0 aliphatic rings. The van der Waals surface area contributed by atoms with Gasteiger partial charge in [-0.2, -0.15) is 4.98 Å². The predicted octanol–water partition coefficient (Wildman–Crippen LogP) is 0.536. The third-order valence-corrected chi connectivity index (χ3v) is 2.12. The van der Waals surface area contributed by atoms with Gasteiger partial charge in [0.05, 0.1) is 5.56 Å². The van der Waals surface area contributed by atoms with E-state index in [0.29, 0.717) is 17.0 Å². The third kappa shape index (κ3) is 1.83. The van der Waals surface area contributed by atoms with Gasteiger partial charge in [-0.3, -0.25) is 9.59 Å². The fourth-order valence-electron chi connectivity index (χ4n) is 1.41. The van der Waals surface area contributed by atoms with Crippen molar-refractivity contribution in [1.29, 1.82) is 0 Å². The molecule has 0 radical (unpaired) electrons. The first-order chi connectivity index (χ1) is 7.68. The summed E-state index contributed by atoms with van der Waals surface area (Å²) in [6, 6.07) is 8.01. The van der Waals surface area contributed by atoms with Gasteiger partial charge in [0.25, 0.3) is 5.56 Å². The number of aromatic nitrogens is 2. The van der Waals surface area contributed by atoms with Gasteiger partial charge in [0.15, 0.2) is 0 Å². The highest BCUT2D eigenvalue weighted by Gasteiger charge is 2.10. The van der Waals surface area contributed by atoms with Crippen LogP contribution in [0.5, 0.6) is 0 Å². The van der Waals surface area contributed by atoms with E-state index >= 15 is 0 Å². The molecule has 0 saturated carbocycles. The molecule has 1 aromatic heterocycles. The van der Waals surface area contributed by atoms with E-state index in [1.165, 1.54) is 12.3 Å². The second-order valence-electron chi connectivity index (χ2n) is 3.19. The van der Waals surface area contributed by atoms with Crippen molar-refractivity contribution in [3.63, 3.8) is 0 Å². The van der Waals surface area contributed by atoms with Crippen molar-refractivity contribution in [2.45, 2.75) is 0 Å². The number of hydrogen-bond acceptors (Lipinski definition) is 3. The Morgan fingerprint density at radius 3 is 2.69 bits per heavy atom. The summed E-state index contributed by atoms with van der Waals surface area (Å²) in [5.41, 5.74) is 5.72. The summed E-state index contributed by atoms with van der Waals surface area (Å²) in [6.45, 7) is 0. The third-order valence-electron chi connectivity index (χ3n) is 2.12. The topological polar surface area (TPSA) is 88.8 Å². The van der Waals surface area contributed by atoms with Crippen molar-refractivity contribution in [3.05, 3.63) is 52.4 Å². The van der Waals surface area contributed by atoms with E-state index in [1.807, 2.05) is 0 Å². The maximum absolute atomic E-state index is 11.2. The van der Waals surface area contributed by atoms with Gasteiger partial charge in [-0.05, 0) is 6.07 Å². The zero-order valence-corrected chi connectivity index (χ0v) is 8.31. The zero-order chi connectivity index (χ0) is 11.5. The van der Waals surface area contributed by atoms with Crippen LogP contribution < -0.4 is 11.3 Å². The average Bonchev–Trinajstić information content (AvgIpc) is 2.29. The predicted molar refractivity (Wildman–Crippen MR) is 58.8 cm³/mol. The van der Waals surface area contributed by atoms with Gasteiger partial charge in [0, 0.05) is 17.8 Å². The zero-order valence-electron chi connectivity index (χ0n) is 8.31. The average molecular weight is 215 g/mol. The maximum Gasteiger partial charge on any atom is 0.273 e. The Bertz CT molecular complexity index is 590. The lowest BCUT2D eigenvalue weighted by molar-refractivity contribution is 0.100. The summed E-state index contributed by atoms with van der Waals surface area (Å²) in [4.78, 5) is 28.8. The van der Waals surface area contributed by atoms with Gasteiger partial charge in [-0.15, -0.1) is 0 Å². The molecular formula is C11H9N3O2. The van der Waals surface area contributed by atoms with Crippen LogP contribution in [-0.4, -0.2) is 15.9 Å². The smallest absolute Gasteiger partial charge is 0.273 e. The van der Waals surface area contributed by atoms with E-state index in [-0.39, 0.29) is 5.56 Å². The van der Waals surface area contributed by atoms with Crippen LogP contribution in [-0.2, 0) is 0 Å². The normalized spacial score (nSPS) is 10.0. The SMILES string of the molecule is NC(=O)c1ccccc1-c1nc(=O)cc[nH]1. The molecule has 0 saturated heterocycles. The Hall–Kier alpha value is -2.43. The molecule has 0 atom stereocenters. The number of H-pyrrole nitrogens is 1. The number of nitrogens with one attached hydrogen (secondary N) is 1. The molecule has 1 aromatic carbocycles. The van der Waals surface area contributed by atoms with Crippen LogP contribution in [0.15, 0.2) is 41.3 Å². The first-order valence-corrected chi connectivity index (χ1v) is 4.63. The first kappa shape index (κ1) is 10.1. The van der Waals surface area contributed by atoms with Crippen LogP contribution in [0, 0.1) is 0 Å². The lowest BCUT2D eigenvalue weighted by Gasteiger charge is -2.04. The molecule has 0 bridgehead atoms. The van der Waals surface area contributed by atoms with Gasteiger partial charge in [-0.1, -0.05) is 18.2 Å². The van der Waals surface area contributed by atoms with Crippen molar-refractivity contribution in [2.75, 3.05) is 0 Å². The lowest BCUT2D eigenvalue weighted by Crippen LogP contribution is -2.14. The number of amides is 1. The molecule has 0 fully saturated rings. The number of carbonyl (C=O) groups is 1. The van der Waals surface area contributed by atoms with E-state index in [4.69, 9.17) is 5.73 Å². The lowest BCUT2D eigenvalue weighted by atomic mass is 10.1. The number of carbonyl (C=O) groups excluding carboxylic acids is 1. The monoisotopic (exact) mass is 215 g/mol. The molecule has 0 spiro atoms. The van der Waals surface area contributed by atoms with E-state index in [1.54, 1.807) is 24.3 Å². The van der Waals surface area contributed by atoms with Crippen molar-refractivity contribution in [3.8, 4) is 11.4 Å². The molecule has 5 heteroatoms. The summed E-state index contributed by atoms with van der Waals surface area (Å²) in [5.74, 6) is -0.219. The van der Waals surface area contributed by atoms with E-state index in [0.717, 1.165) is 0 Å². The van der Waals surface area contributed by atoms with Crippen LogP contribution in [0.4, 0.5) is 0 Å². The molecule has 3 N–H and O–H groups in total. The Balaban J connectivity index is 2.64. The molecule has 0 aliphatic carbocycles. The van der Waals surface area contributed by atoms with Crippen LogP contribution >= 0.6 is 0 Å². The van der Waals surface area contributed by atoms with Crippen molar-refractivity contribution in [2.24, 2.45) is 5.73 Å². The number of nitrogens with zero attached hydrogens (tertiary/aromatic N) is 1. The number of hydrogen-bond donors (Lipinski definition) is 2. The molecule has 1 amide bonds. The fraction of sp³-hybridized carbons (Fsp3) is 0. The highest BCUT2D eigenvalue weighted by Crippen LogP contribution is 2.17. The minimum absolute atomic E-state index is 0.330. The Labute approximate surface area is 91.0 Å². The van der Waals surface area contributed by atoms with E-state index in [9.17, 15) is 9.59 Å². The summed E-state index contributed by atoms with van der Waals surface area (Å²) < 4.78 is 0. The first-order valence-electron chi connectivity index (χ1n) is 4.63. The number of aromatic amines is 1. The maximum atomic E-state index is 11.2. The Morgan fingerprint density at radius 2 is 2.00 bits per heavy atom. The van der Waals surface area contributed by atoms with Crippen molar-refractivity contribution >= 4 is 5.91 Å². The van der Waals surface area contributed by atoms with Crippen LogP contribution in [0.1, 0.15) is 10.4 Å². The molecule has 0 unspecified atom stereocenters. The second kappa shape index (κ2) is 3.98. The molecule has 2 rings (SSSR count). The van der Waals surface area contributed by atoms with Crippen LogP contribution in [0.3, 0.4) is 0 Å². The summed E-state index contributed by atoms with van der Waals surface area (Å²) in [7, 11) is 0. The summed E-state index contributed by atoms with van der Waals surface area (Å²) in [6.07, 6.45) is 1.47. The highest BCUT2D eigenvalue weighted by atomic mass is 16.1. The quantitative estimate of drug-likeness (QED) is 0.766. The fourth-order valence-corrected chi connectivity index (χ4v) is 1.41. The van der Waals surface area contributed by atoms with Crippen molar-refractivity contribution < 1.29 is 4.79 Å². The van der Waals surface area contributed by atoms with Crippen LogP contribution in [0.25, 0.3) is 11.4 Å². The molecule has 80 valence electrons. The molecule has 0 aliphatic heterocycles. The minimum Gasteiger partial charge on any atom is -0.366 e. The van der Waals surface area contributed by atoms with Gasteiger partial charge in [0.2, 0.25) is 5.91 Å². The summed E-state index contributed by atoms with van der Waals surface area (Å²) in [5, 5.41) is 0. The molecule has 1 heterocycles. The number of rotatable bonds is 2. The van der Waals surface area contributed by atoms with Gasteiger partial charge in [0.1, 0.15) is 5.82 Å². The standard InChI is InChI=1S/C11H9N3O2/c12-10(16)7-3-1-2-4-8(7)11-13-6-5-9(15)14-11/h1-6H,(H2,12,16)(H,13,14,15). The van der Waals surface area contributed by atoms with Crippen molar-refractivity contribution in [1.82, 2.24) is 9.97 Å². The number of primary amides is 1. The molecule has 5 nitrogen and oxygen atoms in total. The number of benzene rings is 1. The minimum atomic E-state index is -0.554. The highest BCUT2D eigenvalue weighted by molar-refractivity contribution is 5.98. The van der Waals surface area contributed by atoms with E-state index < -0.39 is 5.91 Å². The second-order valence-corrected chi connectivity index (χ2v) is 3.19. The summed E-state index contributed by atoms with van der Waals surface area (Å²) >= 11 is 0. The molecule has 16 heavy (non-hydrogen) atoms. The Kier molecular flexibility index (Phi) is 2.51. The van der Waals surface area contributed by atoms with Crippen LogP contribution in [0.2, 0.25) is 0 Å². The number of nitrogens with two attached hydrogens (primary N) is 1. The van der Waals surface area contributed by atoms with E-state index in [2.05, 4.69) is 9.97 Å². The van der Waals surface area contributed by atoms with Gasteiger partial charge < -0.3 is 10.7 Å².